The molecule has 0 aliphatic carbocycles. The van der Waals surface area contributed by atoms with Gasteiger partial charge in [0, 0.05) is 15.6 Å². The van der Waals surface area contributed by atoms with Crippen molar-refractivity contribution in [3.63, 3.8) is 0 Å². The summed E-state index contributed by atoms with van der Waals surface area (Å²) in [5.41, 5.74) is 2.83. The minimum atomic E-state index is -0.458. The van der Waals surface area contributed by atoms with Crippen LogP contribution in [0, 0.1) is 23.3 Å². The highest BCUT2D eigenvalue weighted by atomic mass is 35.5. The highest BCUT2D eigenvalue weighted by Crippen LogP contribution is 2.25. The Morgan fingerprint density at radius 1 is 0.465 bits per heavy atom. The minimum absolute atomic E-state index is 0.0995. The van der Waals surface area contributed by atoms with Gasteiger partial charge in [-0.1, -0.05) is 127 Å². The smallest absolute Gasteiger partial charge is 0.145 e. The molecular formula is C36H41Cl3F4. The van der Waals surface area contributed by atoms with Gasteiger partial charge in [-0.15, -0.1) is 0 Å². The third-order valence-electron chi connectivity index (χ3n) is 6.26. The predicted molar refractivity (Wildman–Crippen MR) is 177 cm³/mol. The number of halogens is 7. The van der Waals surface area contributed by atoms with Crippen LogP contribution in [-0.2, 0) is 0 Å². The number of rotatable bonds is 4. The van der Waals surface area contributed by atoms with Crippen molar-refractivity contribution in [1.29, 1.82) is 0 Å². The van der Waals surface area contributed by atoms with E-state index in [-0.39, 0.29) is 40.0 Å². The Morgan fingerprint density at radius 2 is 0.907 bits per heavy atom. The molecule has 4 aromatic carbocycles. The second kappa shape index (κ2) is 19.0. The maximum Gasteiger partial charge on any atom is 0.145 e. The average molecular weight is 656 g/mol. The molecule has 0 atom stereocenters. The lowest BCUT2D eigenvalue weighted by molar-refractivity contribution is 0.542. The Balaban J connectivity index is 0.000000287. The molecule has 0 aliphatic heterocycles. The summed E-state index contributed by atoms with van der Waals surface area (Å²) in [5, 5.41) is 1.62. The largest absolute Gasteiger partial charge is 0.207 e. The molecule has 7 heteroatoms. The van der Waals surface area contributed by atoms with Crippen LogP contribution in [0.15, 0.2) is 78.9 Å². The topological polar surface area (TPSA) is 0 Å². The zero-order valence-electron chi connectivity index (χ0n) is 26.0. The van der Waals surface area contributed by atoms with E-state index in [0.717, 1.165) is 5.56 Å². The van der Waals surface area contributed by atoms with Gasteiger partial charge in [0.15, 0.2) is 0 Å². The molecule has 4 aromatic rings. The summed E-state index contributed by atoms with van der Waals surface area (Å²) in [6.07, 6.45) is 0. The number of benzene rings is 4. The van der Waals surface area contributed by atoms with Crippen molar-refractivity contribution in [2.75, 3.05) is 0 Å². The summed E-state index contributed by atoms with van der Waals surface area (Å²) in [5.74, 6) is -0.459. The molecule has 0 unspecified atom stereocenters. The monoisotopic (exact) mass is 654 g/mol. The maximum absolute atomic E-state index is 13.1. The van der Waals surface area contributed by atoms with Gasteiger partial charge in [-0.05, 0) is 82.8 Å². The van der Waals surface area contributed by atoms with Gasteiger partial charge in [0.1, 0.15) is 23.3 Å². The van der Waals surface area contributed by atoms with Crippen molar-refractivity contribution in [2.45, 2.75) is 79.1 Å². The van der Waals surface area contributed by atoms with Crippen molar-refractivity contribution in [1.82, 2.24) is 0 Å². The van der Waals surface area contributed by atoms with Crippen molar-refractivity contribution in [3.8, 4) is 0 Å². The minimum Gasteiger partial charge on any atom is -0.207 e. The summed E-state index contributed by atoms with van der Waals surface area (Å²) in [6, 6.07) is 21.5. The van der Waals surface area contributed by atoms with E-state index in [4.69, 9.17) is 34.8 Å². The van der Waals surface area contributed by atoms with Crippen LogP contribution in [-0.4, -0.2) is 0 Å². The summed E-state index contributed by atoms with van der Waals surface area (Å²) in [4.78, 5) is 0. The Labute approximate surface area is 270 Å². The van der Waals surface area contributed by atoms with E-state index in [1.165, 1.54) is 29.8 Å². The second-order valence-electron chi connectivity index (χ2n) is 11.1. The van der Waals surface area contributed by atoms with Gasteiger partial charge in [0.05, 0.1) is 5.02 Å². The first-order valence-electron chi connectivity index (χ1n) is 14.1. The molecule has 0 heterocycles. The fourth-order valence-corrected chi connectivity index (χ4v) is 4.61. The van der Waals surface area contributed by atoms with Gasteiger partial charge in [-0.25, -0.2) is 17.6 Å². The summed E-state index contributed by atoms with van der Waals surface area (Å²) < 4.78 is 51.7. The van der Waals surface area contributed by atoms with Crippen LogP contribution in [0.4, 0.5) is 17.6 Å². The lowest BCUT2D eigenvalue weighted by Crippen LogP contribution is -1.96. The maximum atomic E-state index is 13.1. The van der Waals surface area contributed by atoms with E-state index in [1.807, 2.05) is 52.0 Å². The number of hydrogen-bond acceptors (Lipinski definition) is 0. The van der Waals surface area contributed by atoms with E-state index in [0.29, 0.717) is 21.5 Å². The van der Waals surface area contributed by atoms with Crippen LogP contribution in [0.25, 0.3) is 0 Å². The van der Waals surface area contributed by atoms with Crippen molar-refractivity contribution < 1.29 is 17.6 Å². The molecule has 0 bridgehead atoms. The molecule has 43 heavy (non-hydrogen) atoms. The van der Waals surface area contributed by atoms with Crippen LogP contribution in [0.3, 0.4) is 0 Å². The van der Waals surface area contributed by atoms with E-state index >= 15 is 0 Å². The van der Waals surface area contributed by atoms with Gasteiger partial charge < -0.3 is 0 Å². The molecule has 0 fully saturated rings. The Kier molecular flexibility index (Phi) is 17.0. The lowest BCUT2D eigenvalue weighted by Gasteiger charge is -2.06. The zero-order valence-corrected chi connectivity index (χ0v) is 28.2. The van der Waals surface area contributed by atoms with Gasteiger partial charge in [0.2, 0.25) is 0 Å². The fraction of sp³-hybridized carbons (Fsp3) is 0.333. The first-order valence-corrected chi connectivity index (χ1v) is 15.3. The standard InChI is InChI=1S/C9H10Cl2.C9H10ClF.C9H10F2.C9H11F/c1-6(2)7-3-8(10)5-9(11)4-7;1-6(2)7-4-3-5-8(10)9(7)11;1-6(2)9-7(10)4-3-5-8(9)11;1-7(2)8-5-3-4-6-9(8)10/h3*3-6H,1-2H3;3-7H,1-2H3. The quantitative estimate of drug-likeness (QED) is 0.192. The van der Waals surface area contributed by atoms with Crippen LogP contribution < -0.4 is 0 Å². The van der Waals surface area contributed by atoms with Crippen LogP contribution in [0.5, 0.6) is 0 Å². The van der Waals surface area contributed by atoms with E-state index in [1.54, 1.807) is 44.2 Å². The van der Waals surface area contributed by atoms with Crippen molar-refractivity contribution >= 4 is 34.8 Å². The molecule has 0 aromatic heterocycles. The second-order valence-corrected chi connectivity index (χ2v) is 12.4. The molecule has 4 rings (SSSR count). The Hall–Kier alpha value is -2.53. The molecule has 234 valence electrons. The van der Waals surface area contributed by atoms with E-state index in [9.17, 15) is 17.6 Å². The van der Waals surface area contributed by atoms with Gasteiger partial charge in [-0.3, -0.25) is 0 Å². The lowest BCUT2D eigenvalue weighted by atomic mass is 10.0. The molecule has 0 N–H and O–H groups in total. The zero-order chi connectivity index (χ0) is 32.9. The number of hydrogen-bond donors (Lipinski definition) is 0. The van der Waals surface area contributed by atoms with E-state index < -0.39 is 11.6 Å². The highest BCUT2D eigenvalue weighted by molar-refractivity contribution is 6.34. The van der Waals surface area contributed by atoms with Gasteiger partial charge >= 0.3 is 0 Å². The molecule has 0 nitrogen and oxygen atoms in total. The molecule has 0 radical (unpaired) electrons. The summed E-state index contributed by atoms with van der Waals surface area (Å²) >= 11 is 17.2. The normalized spacial score (nSPS) is 10.6. The molecular weight excluding hydrogens is 615 g/mol. The summed E-state index contributed by atoms with van der Waals surface area (Å²) in [6.45, 7) is 15.6. The van der Waals surface area contributed by atoms with Crippen LogP contribution in [0.2, 0.25) is 15.1 Å². The Morgan fingerprint density at radius 3 is 1.28 bits per heavy atom. The van der Waals surface area contributed by atoms with Gasteiger partial charge in [0.25, 0.3) is 0 Å². The van der Waals surface area contributed by atoms with Crippen LogP contribution >= 0.6 is 34.8 Å². The first-order chi connectivity index (χ1) is 20.1. The highest BCUT2D eigenvalue weighted by Gasteiger charge is 2.11. The third-order valence-corrected chi connectivity index (χ3v) is 6.99. The third kappa shape index (κ3) is 13.3. The molecule has 0 saturated carbocycles. The van der Waals surface area contributed by atoms with E-state index in [2.05, 4.69) is 13.8 Å². The van der Waals surface area contributed by atoms with Crippen LogP contribution in [0.1, 0.15) is 101 Å². The van der Waals surface area contributed by atoms with Crippen molar-refractivity contribution in [3.05, 3.63) is 139 Å². The average Bonchev–Trinajstić information content (AvgIpc) is 2.90. The molecule has 0 spiro atoms. The summed E-state index contributed by atoms with van der Waals surface area (Å²) in [7, 11) is 0. The van der Waals surface area contributed by atoms with Gasteiger partial charge in [-0.2, -0.15) is 0 Å². The predicted octanol–water partition coefficient (Wildman–Crippen LogP) is 13.8. The fourth-order valence-electron chi connectivity index (χ4n) is 3.88. The molecule has 0 amide bonds. The SMILES string of the molecule is CC(C)c1c(F)cccc1F.CC(C)c1cc(Cl)cc(Cl)c1.CC(C)c1cccc(Cl)c1F.CC(C)c1ccccc1F. The molecule has 0 aliphatic rings. The molecule has 0 saturated heterocycles. The van der Waals surface area contributed by atoms with Crippen molar-refractivity contribution in [2.24, 2.45) is 0 Å². The Bertz CT molecular complexity index is 1380. The first kappa shape index (κ1) is 38.5.